The van der Waals surface area contributed by atoms with E-state index in [0.717, 1.165) is 0 Å². The number of carbonyl (C=O) groups is 2. The van der Waals surface area contributed by atoms with E-state index in [1.807, 2.05) is 0 Å². The quantitative estimate of drug-likeness (QED) is 0.461. The molecule has 0 fully saturated rings. The molecule has 0 atom stereocenters. The Kier molecular flexibility index (Phi) is 6.51. The molecular weight excluding hydrogens is 388 g/mol. The summed E-state index contributed by atoms with van der Waals surface area (Å²) in [6.07, 6.45) is 3.09. The van der Waals surface area contributed by atoms with Gasteiger partial charge in [-0.05, 0) is 36.4 Å². The van der Waals surface area contributed by atoms with Gasteiger partial charge in [-0.2, -0.15) is 0 Å². The minimum Gasteiger partial charge on any atom is -0.491 e. The summed E-state index contributed by atoms with van der Waals surface area (Å²) in [4.78, 5) is 29.9. The van der Waals surface area contributed by atoms with Crippen molar-refractivity contribution in [3.63, 3.8) is 0 Å². The highest BCUT2D eigenvalue weighted by Gasteiger charge is 2.09. The second kappa shape index (κ2) is 9.44. The number of aromatic carboxylic acids is 2. The van der Waals surface area contributed by atoms with Crippen molar-refractivity contribution in [2.45, 2.75) is 0 Å². The van der Waals surface area contributed by atoms with Crippen LogP contribution in [0, 0.1) is 0 Å². The van der Waals surface area contributed by atoms with Crippen LogP contribution in [-0.2, 0) is 0 Å². The van der Waals surface area contributed by atoms with Crippen LogP contribution in [0.5, 0.6) is 5.75 Å². The molecule has 8 heteroatoms. The number of hydrogen-bond donors (Lipinski definition) is 3. The number of fused-ring (bicyclic) bond motifs is 2. The first-order chi connectivity index (χ1) is 14.5. The zero-order chi connectivity index (χ0) is 21.5. The lowest BCUT2D eigenvalue weighted by Crippen LogP contribution is -2.02. The molecule has 4 rings (SSSR count). The average Bonchev–Trinajstić information content (AvgIpc) is 2.77. The molecule has 2 aromatic heterocycles. The van der Waals surface area contributed by atoms with Gasteiger partial charge in [-0.1, -0.05) is 12.1 Å². The molecule has 2 heterocycles. The molecule has 0 saturated heterocycles. The van der Waals surface area contributed by atoms with E-state index in [0.29, 0.717) is 33.1 Å². The van der Waals surface area contributed by atoms with Gasteiger partial charge in [0.1, 0.15) is 12.4 Å². The molecule has 0 radical (unpaired) electrons. The summed E-state index contributed by atoms with van der Waals surface area (Å²) in [6, 6.07) is 15.0. The third-order valence-corrected chi connectivity index (χ3v) is 4.18. The van der Waals surface area contributed by atoms with Gasteiger partial charge < -0.3 is 20.1 Å². The van der Waals surface area contributed by atoms with Gasteiger partial charge in [0.05, 0.1) is 28.8 Å². The highest BCUT2D eigenvalue weighted by atomic mass is 16.5. The summed E-state index contributed by atoms with van der Waals surface area (Å²) in [5.41, 5.74) is 1.78. The largest absolute Gasteiger partial charge is 0.491 e. The van der Waals surface area contributed by atoms with Crippen molar-refractivity contribution in [2.75, 3.05) is 13.2 Å². The van der Waals surface area contributed by atoms with E-state index in [4.69, 9.17) is 20.1 Å². The van der Waals surface area contributed by atoms with Crippen LogP contribution in [0.15, 0.2) is 67.0 Å². The minimum absolute atomic E-state index is 0.0688. The van der Waals surface area contributed by atoms with Crippen LogP contribution in [0.3, 0.4) is 0 Å². The van der Waals surface area contributed by atoms with Gasteiger partial charge >= 0.3 is 11.9 Å². The van der Waals surface area contributed by atoms with Crippen molar-refractivity contribution in [1.29, 1.82) is 0 Å². The summed E-state index contributed by atoms with van der Waals surface area (Å²) >= 11 is 0. The molecule has 3 N–H and O–H groups in total. The summed E-state index contributed by atoms with van der Waals surface area (Å²) in [5.74, 6) is -1.35. The van der Waals surface area contributed by atoms with Crippen molar-refractivity contribution in [2.24, 2.45) is 0 Å². The van der Waals surface area contributed by atoms with Gasteiger partial charge in [0, 0.05) is 29.2 Å². The molecule has 152 valence electrons. The smallest absolute Gasteiger partial charge is 0.336 e. The Hall–Kier alpha value is -4.04. The van der Waals surface area contributed by atoms with Crippen LogP contribution in [0.25, 0.3) is 21.8 Å². The number of carboxylic acids is 2. The molecule has 0 aliphatic heterocycles. The van der Waals surface area contributed by atoms with Gasteiger partial charge in [-0.15, -0.1) is 0 Å². The molecule has 0 spiro atoms. The highest BCUT2D eigenvalue weighted by molar-refractivity contribution is 6.03. The molecular formula is C22H18N2O6. The normalized spacial score (nSPS) is 10.3. The number of carboxylic acid groups (broad SMARTS) is 2. The summed E-state index contributed by atoms with van der Waals surface area (Å²) in [7, 11) is 0. The van der Waals surface area contributed by atoms with Crippen LogP contribution in [-0.4, -0.2) is 50.4 Å². The topological polar surface area (TPSA) is 130 Å². The monoisotopic (exact) mass is 406 g/mol. The summed E-state index contributed by atoms with van der Waals surface area (Å²) < 4.78 is 5.23. The minimum atomic E-state index is -0.985. The SMILES string of the molecule is O=C(O)c1cccc2ncccc12.O=C(O)c1ccnc2cc(OCCO)ccc12. The van der Waals surface area contributed by atoms with Gasteiger partial charge in [0.15, 0.2) is 0 Å². The van der Waals surface area contributed by atoms with E-state index in [1.54, 1.807) is 54.7 Å². The van der Waals surface area contributed by atoms with E-state index in [2.05, 4.69) is 9.97 Å². The maximum Gasteiger partial charge on any atom is 0.336 e. The Morgan fingerprint density at radius 2 is 1.50 bits per heavy atom. The first kappa shape index (κ1) is 20.7. The highest BCUT2D eigenvalue weighted by Crippen LogP contribution is 2.22. The van der Waals surface area contributed by atoms with Crippen molar-refractivity contribution in [3.8, 4) is 5.75 Å². The molecule has 4 aromatic rings. The fraction of sp³-hybridized carbons (Fsp3) is 0.0909. The Morgan fingerprint density at radius 1 is 0.800 bits per heavy atom. The van der Waals surface area contributed by atoms with E-state index in [1.165, 1.54) is 12.3 Å². The zero-order valence-corrected chi connectivity index (χ0v) is 15.7. The number of hydrogen-bond acceptors (Lipinski definition) is 6. The lowest BCUT2D eigenvalue weighted by atomic mass is 10.1. The third-order valence-electron chi connectivity index (χ3n) is 4.18. The molecule has 0 unspecified atom stereocenters. The van der Waals surface area contributed by atoms with E-state index >= 15 is 0 Å². The van der Waals surface area contributed by atoms with Crippen molar-refractivity contribution < 1.29 is 29.6 Å². The van der Waals surface area contributed by atoms with Gasteiger partial charge in [-0.3, -0.25) is 9.97 Å². The molecule has 0 bridgehead atoms. The molecule has 8 nitrogen and oxygen atoms in total. The zero-order valence-electron chi connectivity index (χ0n) is 15.7. The maximum absolute atomic E-state index is 11.0. The second-order valence-electron chi connectivity index (χ2n) is 6.10. The Balaban J connectivity index is 0.000000177. The first-order valence-corrected chi connectivity index (χ1v) is 8.94. The number of benzene rings is 2. The number of rotatable bonds is 5. The molecule has 0 aliphatic rings. The Labute approximate surface area is 171 Å². The molecule has 0 aliphatic carbocycles. The second-order valence-corrected chi connectivity index (χ2v) is 6.10. The molecule has 0 saturated carbocycles. The maximum atomic E-state index is 11.0. The predicted molar refractivity (Wildman–Crippen MR) is 110 cm³/mol. The number of pyridine rings is 2. The molecule has 2 aromatic carbocycles. The van der Waals surface area contributed by atoms with E-state index in [-0.39, 0.29) is 18.8 Å². The standard InChI is InChI=1S/C12H11NO4.C10H7NO2/c14-5-6-17-8-1-2-9-10(12(15)16)3-4-13-11(9)7-8;12-10(13)8-3-1-5-9-7(8)4-2-6-11-9/h1-4,7,14H,5-6H2,(H,15,16);1-6H,(H,12,13). The van der Waals surface area contributed by atoms with Crippen LogP contribution in [0.4, 0.5) is 0 Å². The number of aliphatic hydroxyl groups excluding tert-OH is 1. The lowest BCUT2D eigenvalue weighted by molar-refractivity contribution is 0.0688. The van der Waals surface area contributed by atoms with Crippen molar-refractivity contribution >= 4 is 33.7 Å². The van der Waals surface area contributed by atoms with Crippen LogP contribution in [0.2, 0.25) is 0 Å². The summed E-state index contributed by atoms with van der Waals surface area (Å²) in [5, 5.41) is 27.7. The van der Waals surface area contributed by atoms with Crippen LogP contribution in [0.1, 0.15) is 20.7 Å². The number of aliphatic hydroxyl groups is 1. The van der Waals surface area contributed by atoms with Crippen LogP contribution >= 0.6 is 0 Å². The first-order valence-electron chi connectivity index (χ1n) is 8.94. The number of ether oxygens (including phenoxy) is 1. The fourth-order valence-corrected chi connectivity index (χ4v) is 2.86. The predicted octanol–water partition coefficient (Wildman–Crippen LogP) is 3.24. The lowest BCUT2D eigenvalue weighted by Gasteiger charge is -2.06. The van der Waals surface area contributed by atoms with Crippen molar-refractivity contribution in [1.82, 2.24) is 9.97 Å². The number of nitrogens with zero attached hydrogens (tertiary/aromatic N) is 2. The Bertz CT molecular complexity index is 1200. The number of aromatic nitrogens is 2. The average molecular weight is 406 g/mol. The van der Waals surface area contributed by atoms with Crippen LogP contribution < -0.4 is 4.74 Å². The summed E-state index contributed by atoms with van der Waals surface area (Å²) in [6.45, 7) is 0.130. The van der Waals surface area contributed by atoms with Gasteiger partial charge in [0.2, 0.25) is 0 Å². The Morgan fingerprint density at radius 3 is 2.23 bits per heavy atom. The molecule has 0 amide bonds. The van der Waals surface area contributed by atoms with Crippen molar-refractivity contribution in [3.05, 3.63) is 78.1 Å². The van der Waals surface area contributed by atoms with Gasteiger partial charge in [0.25, 0.3) is 0 Å². The van der Waals surface area contributed by atoms with E-state index < -0.39 is 11.9 Å². The third kappa shape index (κ3) is 4.68. The molecule has 30 heavy (non-hydrogen) atoms. The fourth-order valence-electron chi connectivity index (χ4n) is 2.86. The van der Waals surface area contributed by atoms with Gasteiger partial charge in [-0.25, -0.2) is 9.59 Å². The van der Waals surface area contributed by atoms with E-state index in [9.17, 15) is 9.59 Å².